The first-order valence-corrected chi connectivity index (χ1v) is 4.42. The van der Waals surface area contributed by atoms with Crippen molar-refractivity contribution in [3.63, 3.8) is 0 Å². The van der Waals surface area contributed by atoms with Gasteiger partial charge in [-0.15, -0.1) is 0 Å². The van der Waals surface area contributed by atoms with E-state index in [9.17, 15) is 9.59 Å². The van der Waals surface area contributed by atoms with Gasteiger partial charge in [0.2, 0.25) is 5.91 Å². The molecule has 0 atom stereocenters. The number of carbonyl (C=O) groups excluding carboxylic acids is 2. The van der Waals surface area contributed by atoms with Gasteiger partial charge in [-0.3, -0.25) is 14.5 Å². The first kappa shape index (κ1) is 10.2. The van der Waals surface area contributed by atoms with Crippen molar-refractivity contribution in [2.45, 2.75) is 6.92 Å². The van der Waals surface area contributed by atoms with E-state index in [0.717, 1.165) is 26.2 Å². The van der Waals surface area contributed by atoms with Gasteiger partial charge in [0.25, 0.3) is 0 Å². The maximum Gasteiger partial charge on any atom is 0.219 e. The summed E-state index contributed by atoms with van der Waals surface area (Å²) >= 11 is 0. The second-order valence-corrected chi connectivity index (χ2v) is 3.32. The van der Waals surface area contributed by atoms with Crippen LogP contribution in [0.1, 0.15) is 6.92 Å². The van der Waals surface area contributed by atoms with E-state index in [1.807, 2.05) is 4.90 Å². The monoisotopic (exact) mass is 183 g/mol. The Balaban J connectivity index is 2.30. The van der Waals surface area contributed by atoms with Gasteiger partial charge in [-0.05, 0) is 0 Å². The highest BCUT2D eigenvalue weighted by Gasteiger charge is 2.18. The molecule has 1 saturated heterocycles. The summed E-state index contributed by atoms with van der Waals surface area (Å²) in [6.45, 7) is 8.31. The van der Waals surface area contributed by atoms with Crippen LogP contribution < -0.4 is 0 Å². The highest BCUT2D eigenvalue weighted by Crippen LogP contribution is 2.01. The van der Waals surface area contributed by atoms with Crippen molar-refractivity contribution in [2.75, 3.05) is 32.7 Å². The second kappa shape index (κ2) is 4.37. The Bertz CT molecular complexity index is 208. The first-order chi connectivity index (χ1) is 6.09. The number of ketones is 1. The smallest absolute Gasteiger partial charge is 0.219 e. The minimum Gasteiger partial charge on any atom is -0.340 e. The van der Waals surface area contributed by atoms with Gasteiger partial charge < -0.3 is 4.90 Å². The van der Waals surface area contributed by atoms with Crippen LogP contribution in [0.2, 0.25) is 0 Å². The molecule has 1 heterocycles. The molecule has 1 rings (SSSR count). The highest BCUT2D eigenvalue weighted by molar-refractivity contribution is 5.84. The lowest BCUT2D eigenvalue weighted by molar-refractivity contribution is -0.130. The second-order valence-electron chi connectivity index (χ2n) is 3.32. The molecule has 1 amide bonds. The van der Waals surface area contributed by atoms with Crippen LogP contribution in [-0.2, 0) is 9.59 Å². The van der Waals surface area contributed by atoms with E-state index in [4.69, 9.17) is 0 Å². The number of nitrogens with zero attached hydrogens (tertiary/aromatic N) is 2. The average Bonchev–Trinajstić information content (AvgIpc) is 2.04. The van der Waals surface area contributed by atoms with Crippen LogP contribution in [0.25, 0.3) is 0 Å². The van der Waals surface area contributed by atoms with Gasteiger partial charge in [0, 0.05) is 40.0 Å². The number of Topliss-reactive ketones (excluding diaryl/α,β-unsaturated/α-hetero) is 1. The largest absolute Gasteiger partial charge is 0.340 e. The fraction of sp³-hybridized carbons (Fsp3) is 0.667. The molecule has 0 aromatic carbocycles. The molecule has 0 aromatic rings. The van der Waals surface area contributed by atoms with Crippen molar-refractivity contribution >= 4 is 11.7 Å². The summed E-state index contributed by atoms with van der Waals surface area (Å²) in [6, 6.07) is 0. The predicted molar refractivity (Wildman–Crippen MR) is 49.1 cm³/mol. The lowest BCUT2D eigenvalue weighted by Gasteiger charge is -2.33. The Hall–Kier alpha value is -0.900. The van der Waals surface area contributed by atoms with Crippen LogP contribution in [-0.4, -0.2) is 54.2 Å². The summed E-state index contributed by atoms with van der Waals surface area (Å²) in [6.07, 6.45) is 0. The molecule has 4 nitrogen and oxygen atoms in total. The van der Waals surface area contributed by atoms with Gasteiger partial charge in [0.1, 0.15) is 5.78 Å². The van der Waals surface area contributed by atoms with Crippen LogP contribution in [0.5, 0.6) is 0 Å². The van der Waals surface area contributed by atoms with Gasteiger partial charge in [0.05, 0.1) is 6.54 Å². The normalized spacial score (nSPS) is 18.8. The van der Waals surface area contributed by atoms with Gasteiger partial charge in [-0.25, -0.2) is 0 Å². The summed E-state index contributed by atoms with van der Waals surface area (Å²) in [5.41, 5.74) is 0. The van der Waals surface area contributed by atoms with E-state index in [1.165, 1.54) is 0 Å². The summed E-state index contributed by atoms with van der Waals surface area (Å²) in [4.78, 5) is 25.5. The Labute approximate surface area is 78.5 Å². The van der Waals surface area contributed by atoms with Crippen molar-refractivity contribution in [3.8, 4) is 0 Å². The fourth-order valence-corrected chi connectivity index (χ4v) is 1.47. The third-order valence-electron chi connectivity index (χ3n) is 2.22. The molecule has 0 aromatic heterocycles. The zero-order valence-electron chi connectivity index (χ0n) is 7.95. The zero-order valence-corrected chi connectivity index (χ0v) is 7.95. The summed E-state index contributed by atoms with van der Waals surface area (Å²) in [5, 5.41) is 0. The van der Waals surface area contributed by atoms with E-state index < -0.39 is 0 Å². The Morgan fingerprint density at radius 3 is 2.15 bits per heavy atom. The number of carbonyl (C=O) groups is 2. The molecule has 0 aliphatic carbocycles. The minimum absolute atomic E-state index is 0.0590. The van der Waals surface area contributed by atoms with E-state index in [-0.39, 0.29) is 11.7 Å². The van der Waals surface area contributed by atoms with Crippen LogP contribution in [0.4, 0.5) is 0 Å². The number of hydrogen-bond acceptors (Lipinski definition) is 3. The summed E-state index contributed by atoms with van der Waals surface area (Å²) < 4.78 is 0. The number of rotatable bonds is 2. The quantitative estimate of drug-likeness (QED) is 0.582. The summed E-state index contributed by atoms with van der Waals surface area (Å²) in [5.74, 6) is 0.0527. The van der Waals surface area contributed by atoms with E-state index in [2.05, 4.69) is 6.92 Å². The number of hydrogen-bond donors (Lipinski definition) is 0. The van der Waals surface area contributed by atoms with Crippen LogP contribution in [0.3, 0.4) is 0 Å². The van der Waals surface area contributed by atoms with Crippen molar-refractivity contribution in [3.05, 3.63) is 6.92 Å². The minimum atomic E-state index is -0.0590. The SMILES string of the molecule is [CH2]C(=O)CN1CCN(C(C)=O)CC1. The van der Waals surface area contributed by atoms with Crippen LogP contribution >= 0.6 is 0 Å². The lowest BCUT2D eigenvalue weighted by Crippen LogP contribution is -2.49. The van der Waals surface area contributed by atoms with E-state index in [1.54, 1.807) is 11.8 Å². The molecule has 1 fully saturated rings. The van der Waals surface area contributed by atoms with Gasteiger partial charge in [-0.1, -0.05) is 0 Å². The summed E-state index contributed by atoms with van der Waals surface area (Å²) in [7, 11) is 0. The molecule has 0 spiro atoms. The molecule has 4 heteroatoms. The Morgan fingerprint density at radius 1 is 1.23 bits per heavy atom. The number of piperazine rings is 1. The van der Waals surface area contributed by atoms with Crippen molar-refractivity contribution in [1.82, 2.24) is 9.80 Å². The van der Waals surface area contributed by atoms with Gasteiger partial charge >= 0.3 is 0 Å². The van der Waals surface area contributed by atoms with E-state index >= 15 is 0 Å². The standard InChI is InChI=1S/C9H15N2O2/c1-8(12)7-10-3-5-11(6-4-10)9(2)13/h1,3-7H2,2H3. The molecular weight excluding hydrogens is 168 g/mol. The molecule has 0 unspecified atom stereocenters. The van der Waals surface area contributed by atoms with E-state index in [0.29, 0.717) is 6.54 Å². The van der Waals surface area contributed by atoms with Gasteiger partial charge in [-0.2, -0.15) is 0 Å². The molecule has 1 aliphatic rings. The fourth-order valence-electron chi connectivity index (χ4n) is 1.47. The van der Waals surface area contributed by atoms with Crippen LogP contribution in [0, 0.1) is 6.92 Å². The first-order valence-electron chi connectivity index (χ1n) is 4.42. The molecule has 73 valence electrons. The molecule has 1 aliphatic heterocycles. The molecular formula is C9H15N2O2. The highest BCUT2D eigenvalue weighted by atomic mass is 16.2. The Morgan fingerprint density at radius 2 is 1.77 bits per heavy atom. The third-order valence-corrected chi connectivity index (χ3v) is 2.22. The van der Waals surface area contributed by atoms with Gasteiger partial charge in [0.15, 0.2) is 0 Å². The molecule has 0 saturated carbocycles. The molecule has 0 N–H and O–H groups in total. The predicted octanol–water partition coefficient (Wildman–Crippen LogP) is -0.446. The number of amides is 1. The molecule has 0 bridgehead atoms. The average molecular weight is 183 g/mol. The molecule has 13 heavy (non-hydrogen) atoms. The van der Waals surface area contributed by atoms with Crippen molar-refractivity contribution in [1.29, 1.82) is 0 Å². The maximum absolute atomic E-state index is 11.0. The lowest BCUT2D eigenvalue weighted by atomic mass is 10.3. The van der Waals surface area contributed by atoms with Crippen LogP contribution in [0.15, 0.2) is 0 Å². The Kier molecular flexibility index (Phi) is 3.42. The van der Waals surface area contributed by atoms with Crippen molar-refractivity contribution in [2.24, 2.45) is 0 Å². The maximum atomic E-state index is 11.0. The van der Waals surface area contributed by atoms with Crippen molar-refractivity contribution < 1.29 is 9.59 Å². The topological polar surface area (TPSA) is 40.6 Å². The zero-order chi connectivity index (χ0) is 9.84. The molecule has 1 radical (unpaired) electrons. The third kappa shape index (κ3) is 3.14.